The van der Waals surface area contributed by atoms with Crippen molar-refractivity contribution in [1.82, 2.24) is 20.1 Å². The molecule has 0 atom stereocenters. The minimum Gasteiger partial charge on any atom is -0.481 e. The van der Waals surface area contributed by atoms with E-state index in [4.69, 9.17) is 9.26 Å². The van der Waals surface area contributed by atoms with Crippen molar-refractivity contribution in [3.8, 4) is 28.1 Å². The number of aromatic amines is 1. The maximum Gasteiger partial charge on any atom is 0.221 e. The molecule has 0 amide bonds. The Morgan fingerprint density at radius 1 is 1.12 bits per heavy atom. The van der Waals surface area contributed by atoms with Crippen molar-refractivity contribution in [1.29, 1.82) is 0 Å². The Kier molecular flexibility index (Phi) is 4.50. The van der Waals surface area contributed by atoms with Crippen LogP contribution in [0.25, 0.3) is 33.3 Å². The first kappa shape index (κ1) is 17.7. The minimum atomic E-state index is 0. The van der Waals surface area contributed by atoms with E-state index in [1.165, 1.54) is 0 Å². The second-order valence-electron chi connectivity index (χ2n) is 6.00. The molecule has 0 spiro atoms. The van der Waals surface area contributed by atoms with Crippen LogP contribution in [-0.4, -0.2) is 27.2 Å². The molecule has 6 heteroatoms. The standard InChI is InChI=1S/C19H18N4O2.CH4/c1-10-17(11(2)25-23-10)13-8-15(14-6-5-7-20-19(14)24-4)18-16(9-13)21-12(3)22-18;/h5-9H,1-4H3,(H,21,22);1H4. The molecule has 1 aromatic carbocycles. The number of aryl methyl sites for hydroxylation is 3. The average Bonchev–Trinajstić information content (AvgIpc) is 3.15. The fraction of sp³-hybridized carbons (Fsp3) is 0.250. The van der Waals surface area contributed by atoms with Gasteiger partial charge in [0.25, 0.3) is 0 Å². The van der Waals surface area contributed by atoms with Crippen LogP contribution in [0.2, 0.25) is 0 Å². The molecule has 0 radical (unpaired) electrons. The van der Waals surface area contributed by atoms with E-state index in [0.717, 1.165) is 50.6 Å². The van der Waals surface area contributed by atoms with Gasteiger partial charge >= 0.3 is 0 Å². The van der Waals surface area contributed by atoms with Crippen LogP contribution < -0.4 is 4.74 Å². The lowest BCUT2D eigenvalue weighted by Crippen LogP contribution is -1.93. The van der Waals surface area contributed by atoms with Gasteiger partial charge in [0.15, 0.2) is 0 Å². The summed E-state index contributed by atoms with van der Waals surface area (Å²) in [7, 11) is 1.62. The van der Waals surface area contributed by atoms with Gasteiger partial charge in [-0.3, -0.25) is 0 Å². The summed E-state index contributed by atoms with van der Waals surface area (Å²) in [5.41, 5.74) is 6.58. The average molecular weight is 350 g/mol. The molecule has 0 bridgehead atoms. The van der Waals surface area contributed by atoms with E-state index in [9.17, 15) is 0 Å². The van der Waals surface area contributed by atoms with Crippen LogP contribution in [0.4, 0.5) is 0 Å². The molecule has 1 N–H and O–H groups in total. The van der Waals surface area contributed by atoms with Crippen LogP contribution in [0.1, 0.15) is 24.7 Å². The lowest BCUT2D eigenvalue weighted by atomic mass is 9.97. The van der Waals surface area contributed by atoms with Crippen molar-refractivity contribution < 1.29 is 9.26 Å². The van der Waals surface area contributed by atoms with Gasteiger partial charge in [0, 0.05) is 22.9 Å². The van der Waals surface area contributed by atoms with Gasteiger partial charge in [-0.1, -0.05) is 12.6 Å². The molecular formula is C20H22N4O2. The zero-order chi connectivity index (χ0) is 17.6. The van der Waals surface area contributed by atoms with E-state index in [1.54, 1.807) is 13.3 Å². The van der Waals surface area contributed by atoms with Gasteiger partial charge in [0.2, 0.25) is 5.88 Å². The molecular weight excluding hydrogens is 328 g/mol. The summed E-state index contributed by atoms with van der Waals surface area (Å²) in [5, 5.41) is 4.08. The zero-order valence-corrected chi connectivity index (χ0v) is 14.5. The van der Waals surface area contributed by atoms with Gasteiger partial charge in [-0.05, 0) is 50.6 Å². The molecule has 0 unspecified atom stereocenters. The highest BCUT2D eigenvalue weighted by Crippen LogP contribution is 2.38. The molecule has 26 heavy (non-hydrogen) atoms. The Morgan fingerprint density at radius 2 is 1.92 bits per heavy atom. The molecule has 4 aromatic rings. The number of rotatable bonds is 3. The monoisotopic (exact) mass is 350 g/mol. The van der Waals surface area contributed by atoms with Gasteiger partial charge in [-0.15, -0.1) is 0 Å². The zero-order valence-electron chi connectivity index (χ0n) is 14.5. The normalized spacial score (nSPS) is 10.8. The van der Waals surface area contributed by atoms with Crippen LogP contribution in [0, 0.1) is 20.8 Å². The van der Waals surface area contributed by atoms with Gasteiger partial charge in [0.1, 0.15) is 11.6 Å². The highest BCUT2D eigenvalue weighted by molar-refractivity contribution is 5.97. The number of fused-ring (bicyclic) bond motifs is 1. The molecule has 0 saturated heterocycles. The van der Waals surface area contributed by atoms with Gasteiger partial charge in [0.05, 0.1) is 23.8 Å². The van der Waals surface area contributed by atoms with Crippen molar-refractivity contribution in [2.45, 2.75) is 28.2 Å². The number of pyridine rings is 1. The van der Waals surface area contributed by atoms with E-state index >= 15 is 0 Å². The van der Waals surface area contributed by atoms with E-state index in [0.29, 0.717) is 5.88 Å². The highest BCUT2D eigenvalue weighted by atomic mass is 16.5. The first-order valence-corrected chi connectivity index (χ1v) is 8.01. The smallest absolute Gasteiger partial charge is 0.221 e. The van der Waals surface area contributed by atoms with Crippen molar-refractivity contribution in [3.05, 3.63) is 47.7 Å². The Labute approximate surface area is 152 Å². The highest BCUT2D eigenvalue weighted by Gasteiger charge is 2.18. The van der Waals surface area contributed by atoms with Crippen molar-refractivity contribution in [3.63, 3.8) is 0 Å². The van der Waals surface area contributed by atoms with Crippen LogP contribution >= 0.6 is 0 Å². The van der Waals surface area contributed by atoms with Crippen LogP contribution in [0.3, 0.4) is 0 Å². The number of ether oxygens (including phenoxy) is 1. The molecule has 134 valence electrons. The predicted octanol–water partition coefficient (Wildman–Crippen LogP) is 4.85. The molecule has 0 aliphatic carbocycles. The lowest BCUT2D eigenvalue weighted by molar-refractivity contribution is 0.393. The molecule has 0 aliphatic heterocycles. The predicted molar refractivity (Wildman–Crippen MR) is 102 cm³/mol. The summed E-state index contributed by atoms with van der Waals surface area (Å²) < 4.78 is 10.8. The van der Waals surface area contributed by atoms with Crippen molar-refractivity contribution >= 4 is 11.0 Å². The third-order valence-electron chi connectivity index (χ3n) is 4.28. The molecule has 0 saturated carbocycles. The van der Waals surface area contributed by atoms with Gasteiger partial charge < -0.3 is 14.2 Å². The summed E-state index contributed by atoms with van der Waals surface area (Å²) in [6.45, 7) is 5.81. The van der Waals surface area contributed by atoms with E-state index in [2.05, 4.69) is 32.2 Å². The summed E-state index contributed by atoms with van der Waals surface area (Å²) in [6.07, 6.45) is 1.72. The molecule has 3 aromatic heterocycles. The number of aromatic nitrogens is 4. The third kappa shape index (κ3) is 2.73. The van der Waals surface area contributed by atoms with Gasteiger partial charge in [-0.25, -0.2) is 9.97 Å². The molecule has 6 nitrogen and oxygen atoms in total. The number of hydrogen-bond donors (Lipinski definition) is 1. The number of nitrogens with one attached hydrogen (secondary N) is 1. The topological polar surface area (TPSA) is 76.8 Å². The maximum atomic E-state index is 5.45. The van der Waals surface area contributed by atoms with E-state index < -0.39 is 0 Å². The minimum absolute atomic E-state index is 0. The number of imidazole rings is 1. The fourth-order valence-corrected chi connectivity index (χ4v) is 3.24. The number of hydrogen-bond acceptors (Lipinski definition) is 5. The largest absolute Gasteiger partial charge is 0.481 e. The first-order chi connectivity index (χ1) is 12.1. The summed E-state index contributed by atoms with van der Waals surface area (Å²) in [5.74, 6) is 2.22. The van der Waals surface area contributed by atoms with E-state index in [-0.39, 0.29) is 7.43 Å². The van der Waals surface area contributed by atoms with Gasteiger partial charge in [-0.2, -0.15) is 0 Å². The summed E-state index contributed by atoms with van der Waals surface area (Å²) in [4.78, 5) is 12.3. The molecule has 3 heterocycles. The SMILES string of the molecule is C.COc1ncccc1-c1cc(-c2c(C)noc2C)cc2[nH]c(C)nc12. The number of methoxy groups -OCH3 is 1. The summed E-state index contributed by atoms with van der Waals surface area (Å²) in [6, 6.07) is 8.05. The fourth-order valence-electron chi connectivity index (χ4n) is 3.24. The number of benzene rings is 1. The number of nitrogens with zero attached hydrogens (tertiary/aromatic N) is 3. The Bertz CT molecular complexity index is 1060. The third-order valence-corrected chi connectivity index (χ3v) is 4.28. The van der Waals surface area contributed by atoms with Crippen molar-refractivity contribution in [2.24, 2.45) is 0 Å². The second-order valence-corrected chi connectivity index (χ2v) is 6.00. The quantitative estimate of drug-likeness (QED) is 0.571. The second kappa shape index (κ2) is 6.63. The van der Waals surface area contributed by atoms with E-state index in [1.807, 2.05) is 32.9 Å². The molecule has 0 aliphatic rings. The van der Waals surface area contributed by atoms with Crippen LogP contribution in [-0.2, 0) is 0 Å². The summed E-state index contributed by atoms with van der Waals surface area (Å²) >= 11 is 0. The molecule has 0 fully saturated rings. The Hall–Kier alpha value is -3.15. The first-order valence-electron chi connectivity index (χ1n) is 8.01. The molecule has 4 rings (SSSR count). The lowest BCUT2D eigenvalue weighted by Gasteiger charge is -2.10. The van der Waals surface area contributed by atoms with Crippen molar-refractivity contribution in [2.75, 3.05) is 7.11 Å². The van der Waals surface area contributed by atoms with Crippen LogP contribution in [0.15, 0.2) is 35.0 Å². The maximum absolute atomic E-state index is 5.45. The van der Waals surface area contributed by atoms with Crippen LogP contribution in [0.5, 0.6) is 5.88 Å². The number of H-pyrrole nitrogens is 1. The Morgan fingerprint density at radius 3 is 2.62 bits per heavy atom. The Balaban J connectivity index is 0.00000196.